The van der Waals surface area contributed by atoms with E-state index in [9.17, 15) is 14.3 Å². The number of hydrogen-bond donors (Lipinski definition) is 4. The molecule has 0 aromatic carbocycles. The number of H-pyrrole nitrogens is 1. The number of primary amides is 1. The molecule has 158 valence electrons. The van der Waals surface area contributed by atoms with Crippen molar-refractivity contribution >= 4 is 34.4 Å². The first-order valence-corrected chi connectivity index (χ1v) is 9.90. The van der Waals surface area contributed by atoms with Crippen LogP contribution in [0.15, 0.2) is 24.7 Å². The zero-order valence-corrected chi connectivity index (χ0v) is 16.7. The Morgan fingerprint density at radius 2 is 2.30 bits per heavy atom. The second-order valence-electron chi connectivity index (χ2n) is 7.30. The zero-order chi connectivity index (χ0) is 21.3. The van der Waals surface area contributed by atoms with Gasteiger partial charge in [0.1, 0.15) is 11.8 Å². The molecule has 0 saturated carbocycles. The van der Waals surface area contributed by atoms with Crippen LogP contribution in [0.5, 0.6) is 0 Å². The molecule has 4 rings (SSSR count). The molecule has 0 radical (unpaired) electrons. The number of nitrogens with one attached hydrogen (secondary N) is 2. The van der Waals surface area contributed by atoms with Crippen LogP contribution < -0.4 is 11.1 Å². The molecule has 9 nitrogen and oxygen atoms in total. The Balaban J connectivity index is 1.53. The first-order valence-electron chi connectivity index (χ1n) is 9.52. The van der Waals surface area contributed by atoms with Crippen LogP contribution in [0.2, 0.25) is 5.02 Å². The number of nitrogens with zero attached hydrogens (tertiary/aromatic N) is 4. The maximum absolute atomic E-state index is 14.4. The second-order valence-corrected chi connectivity index (χ2v) is 7.74. The Bertz CT molecular complexity index is 1080. The van der Waals surface area contributed by atoms with Crippen molar-refractivity contribution in [3.8, 4) is 11.4 Å². The summed E-state index contributed by atoms with van der Waals surface area (Å²) >= 11 is 6.05. The Hall–Kier alpha value is -2.82. The zero-order valence-electron chi connectivity index (χ0n) is 16.0. The van der Waals surface area contributed by atoms with E-state index in [-0.39, 0.29) is 18.4 Å². The lowest BCUT2D eigenvalue weighted by Crippen LogP contribution is -2.47. The number of aromatic amines is 1. The number of likely N-dealkylation sites (tertiary alicyclic amines) is 1. The highest BCUT2D eigenvalue weighted by atomic mass is 35.5. The number of carbonyl (C=O) groups is 1. The molecule has 4 heterocycles. The summed E-state index contributed by atoms with van der Waals surface area (Å²) < 4.78 is 14.4. The van der Waals surface area contributed by atoms with Gasteiger partial charge in [0.15, 0.2) is 17.5 Å². The van der Waals surface area contributed by atoms with Gasteiger partial charge in [0.05, 0.1) is 11.2 Å². The van der Waals surface area contributed by atoms with Crippen LogP contribution in [0, 0.1) is 5.82 Å². The number of rotatable bonds is 6. The van der Waals surface area contributed by atoms with Crippen LogP contribution >= 0.6 is 11.6 Å². The molecule has 1 fully saturated rings. The van der Waals surface area contributed by atoms with Gasteiger partial charge in [-0.05, 0) is 25.5 Å². The van der Waals surface area contributed by atoms with Crippen molar-refractivity contribution in [1.29, 1.82) is 0 Å². The van der Waals surface area contributed by atoms with Crippen molar-refractivity contribution in [2.24, 2.45) is 5.73 Å². The summed E-state index contributed by atoms with van der Waals surface area (Å²) in [6.45, 7) is 1.40. The number of β-amino-alcohol motifs (C(OH)–C–C–N with tert-alkyl or cyclic N) is 1. The van der Waals surface area contributed by atoms with Gasteiger partial charge in [-0.2, -0.15) is 0 Å². The number of aliphatic hydroxyl groups is 1. The lowest BCUT2D eigenvalue weighted by atomic mass is 10.1. The molecule has 0 bridgehead atoms. The Kier molecular flexibility index (Phi) is 5.80. The molecule has 3 aromatic heterocycles. The number of carbonyl (C=O) groups excluding carboxylic acids is 1. The monoisotopic (exact) mass is 433 g/mol. The van der Waals surface area contributed by atoms with Crippen LogP contribution in [0.4, 0.5) is 10.2 Å². The van der Waals surface area contributed by atoms with Gasteiger partial charge >= 0.3 is 0 Å². The van der Waals surface area contributed by atoms with Crippen molar-refractivity contribution in [1.82, 2.24) is 24.8 Å². The molecule has 5 N–H and O–H groups in total. The van der Waals surface area contributed by atoms with Gasteiger partial charge in [0.2, 0.25) is 5.91 Å². The molecule has 1 saturated heterocycles. The molecule has 0 spiro atoms. The number of piperidine rings is 1. The standard InChI is InChI=1S/C19H21ClFN7O2/c20-10-4-12-13(6-24-17(12)23-5-10)18-25-7-14(21)19(27-18)26-11-2-1-3-28(8-11)9-15(29)16(22)30/h4-7,11,15,29H,1-3,8-9H2,(H2,22,30)(H,23,24)(H,25,26,27)/t11-,15?/m0/s1. The van der Waals surface area contributed by atoms with E-state index >= 15 is 0 Å². The number of nitrogens with two attached hydrogens (primary N) is 1. The van der Waals surface area contributed by atoms with Gasteiger partial charge in [-0.25, -0.2) is 19.3 Å². The Morgan fingerprint density at radius 3 is 3.10 bits per heavy atom. The number of amides is 1. The normalized spacial score (nSPS) is 18.4. The van der Waals surface area contributed by atoms with Gasteiger partial charge in [0.25, 0.3) is 0 Å². The van der Waals surface area contributed by atoms with Crippen LogP contribution in [0.25, 0.3) is 22.4 Å². The van der Waals surface area contributed by atoms with Crippen molar-refractivity contribution in [3.63, 3.8) is 0 Å². The van der Waals surface area contributed by atoms with Gasteiger partial charge in [-0.3, -0.25) is 9.69 Å². The fraction of sp³-hybridized carbons (Fsp3) is 0.368. The number of aliphatic hydroxyl groups excluding tert-OH is 1. The Morgan fingerprint density at radius 1 is 1.47 bits per heavy atom. The van der Waals surface area contributed by atoms with Gasteiger partial charge in [-0.1, -0.05) is 11.6 Å². The van der Waals surface area contributed by atoms with Crippen LogP contribution in [0.3, 0.4) is 0 Å². The second kappa shape index (κ2) is 8.50. The third-order valence-electron chi connectivity index (χ3n) is 5.09. The highest BCUT2D eigenvalue weighted by Crippen LogP contribution is 2.28. The molecule has 1 aliphatic rings. The van der Waals surface area contributed by atoms with E-state index in [1.807, 2.05) is 4.90 Å². The van der Waals surface area contributed by atoms with Gasteiger partial charge < -0.3 is 21.1 Å². The summed E-state index contributed by atoms with van der Waals surface area (Å²) in [5, 5.41) is 14.1. The lowest BCUT2D eigenvalue weighted by molar-refractivity contribution is -0.127. The quantitative estimate of drug-likeness (QED) is 0.463. The fourth-order valence-electron chi connectivity index (χ4n) is 3.63. The number of aromatic nitrogens is 4. The van der Waals surface area contributed by atoms with E-state index in [1.165, 1.54) is 6.20 Å². The molecule has 3 aromatic rings. The highest BCUT2D eigenvalue weighted by molar-refractivity contribution is 6.31. The molecular formula is C19H21ClFN7O2. The molecule has 1 amide bonds. The van der Waals surface area contributed by atoms with E-state index in [2.05, 4.69) is 25.3 Å². The smallest absolute Gasteiger partial charge is 0.247 e. The summed E-state index contributed by atoms with van der Waals surface area (Å²) in [5.41, 5.74) is 6.43. The number of anilines is 1. The van der Waals surface area contributed by atoms with E-state index < -0.39 is 17.8 Å². The number of pyridine rings is 1. The van der Waals surface area contributed by atoms with E-state index in [0.717, 1.165) is 31.0 Å². The molecule has 0 aliphatic carbocycles. The fourth-order valence-corrected chi connectivity index (χ4v) is 3.79. The van der Waals surface area contributed by atoms with Crippen molar-refractivity contribution < 1.29 is 14.3 Å². The minimum atomic E-state index is -1.23. The van der Waals surface area contributed by atoms with Crippen LogP contribution in [0.1, 0.15) is 12.8 Å². The maximum atomic E-state index is 14.4. The summed E-state index contributed by atoms with van der Waals surface area (Å²) in [6, 6.07) is 1.65. The highest BCUT2D eigenvalue weighted by Gasteiger charge is 2.25. The average molecular weight is 434 g/mol. The van der Waals surface area contributed by atoms with E-state index in [0.29, 0.717) is 28.6 Å². The first kappa shape index (κ1) is 20.5. The topological polar surface area (TPSA) is 133 Å². The van der Waals surface area contributed by atoms with Crippen molar-refractivity contribution in [3.05, 3.63) is 35.5 Å². The van der Waals surface area contributed by atoms with Crippen LogP contribution in [-0.4, -0.2) is 67.6 Å². The van der Waals surface area contributed by atoms with Crippen molar-refractivity contribution in [2.75, 3.05) is 25.0 Å². The number of hydrogen-bond acceptors (Lipinski definition) is 7. The maximum Gasteiger partial charge on any atom is 0.247 e. The predicted molar refractivity (Wildman–Crippen MR) is 110 cm³/mol. The Labute approximate surface area is 176 Å². The summed E-state index contributed by atoms with van der Waals surface area (Å²) in [6.07, 6.45) is 4.77. The van der Waals surface area contributed by atoms with Crippen LogP contribution in [-0.2, 0) is 4.79 Å². The summed E-state index contributed by atoms with van der Waals surface area (Å²) in [7, 11) is 0. The molecule has 11 heteroatoms. The molecule has 30 heavy (non-hydrogen) atoms. The molecule has 1 unspecified atom stereocenters. The average Bonchev–Trinajstić information content (AvgIpc) is 3.13. The third-order valence-corrected chi connectivity index (χ3v) is 5.30. The largest absolute Gasteiger partial charge is 0.382 e. The number of fused-ring (bicyclic) bond motifs is 1. The predicted octanol–water partition coefficient (Wildman–Crippen LogP) is 1.53. The van der Waals surface area contributed by atoms with E-state index in [4.69, 9.17) is 17.3 Å². The van der Waals surface area contributed by atoms with Crippen molar-refractivity contribution in [2.45, 2.75) is 25.0 Å². The molecular weight excluding hydrogens is 413 g/mol. The molecule has 1 aliphatic heterocycles. The third kappa shape index (κ3) is 4.35. The minimum absolute atomic E-state index is 0.0895. The SMILES string of the molecule is NC(=O)C(O)CN1CCC[C@H](Nc2nc(-c3c[nH]c4ncc(Cl)cc34)ncc2F)C1. The minimum Gasteiger partial charge on any atom is -0.382 e. The van der Waals surface area contributed by atoms with E-state index in [1.54, 1.807) is 12.3 Å². The first-order chi connectivity index (χ1) is 14.4. The summed E-state index contributed by atoms with van der Waals surface area (Å²) in [4.78, 5) is 28.8. The number of halogens is 2. The molecule has 2 atom stereocenters. The summed E-state index contributed by atoms with van der Waals surface area (Å²) in [5.74, 6) is -0.897. The lowest BCUT2D eigenvalue weighted by Gasteiger charge is -2.34. The van der Waals surface area contributed by atoms with Gasteiger partial charge in [-0.15, -0.1) is 0 Å². The van der Waals surface area contributed by atoms with Gasteiger partial charge in [0, 0.05) is 42.5 Å².